The highest BCUT2D eigenvalue weighted by Gasteiger charge is 2.26. The molecule has 0 bridgehead atoms. The summed E-state index contributed by atoms with van der Waals surface area (Å²) >= 11 is 0. The van der Waals surface area contributed by atoms with E-state index in [9.17, 15) is 24.5 Å². The lowest BCUT2D eigenvalue weighted by atomic mass is 10.0. The zero-order valence-corrected chi connectivity index (χ0v) is 17.4. The van der Waals surface area contributed by atoms with Gasteiger partial charge in [0.1, 0.15) is 6.04 Å². The summed E-state index contributed by atoms with van der Waals surface area (Å²) in [5.74, 6) is -1.95. The number of ether oxygens (including phenoxy) is 2. The van der Waals surface area contributed by atoms with Gasteiger partial charge in [0.15, 0.2) is 6.61 Å². The molecule has 1 aromatic carbocycles. The Labute approximate surface area is 174 Å². The Morgan fingerprint density at radius 2 is 1.90 bits per heavy atom. The van der Waals surface area contributed by atoms with Crippen LogP contribution < -0.4 is 10.2 Å². The fourth-order valence-corrected chi connectivity index (χ4v) is 3.31. The van der Waals surface area contributed by atoms with E-state index >= 15 is 0 Å². The SMILES string of the molecule is COC(=O)[C@@H](CC(C)C)NC(=O)COC(=O)c1cc([N+](=O)[O-])ccc1N1CCCC1. The van der Waals surface area contributed by atoms with Crippen molar-refractivity contribution in [3.63, 3.8) is 0 Å². The molecule has 0 spiro atoms. The van der Waals surface area contributed by atoms with Crippen molar-refractivity contribution < 1.29 is 28.8 Å². The fraction of sp³-hybridized carbons (Fsp3) is 0.550. The summed E-state index contributed by atoms with van der Waals surface area (Å²) in [5, 5.41) is 13.6. The van der Waals surface area contributed by atoms with E-state index in [2.05, 4.69) is 10.1 Å². The maximum Gasteiger partial charge on any atom is 0.341 e. The second kappa shape index (κ2) is 10.6. The van der Waals surface area contributed by atoms with Gasteiger partial charge in [-0.1, -0.05) is 13.8 Å². The number of anilines is 1. The fourth-order valence-electron chi connectivity index (χ4n) is 3.31. The Hall–Kier alpha value is -3.17. The molecule has 10 nitrogen and oxygen atoms in total. The number of carbonyl (C=O) groups is 3. The smallest absolute Gasteiger partial charge is 0.341 e. The summed E-state index contributed by atoms with van der Waals surface area (Å²) in [6, 6.07) is 3.17. The van der Waals surface area contributed by atoms with E-state index in [0.29, 0.717) is 12.1 Å². The molecular weight excluding hydrogens is 394 g/mol. The van der Waals surface area contributed by atoms with Gasteiger partial charge < -0.3 is 19.7 Å². The number of carbonyl (C=O) groups excluding carboxylic acids is 3. The van der Waals surface area contributed by atoms with Crippen LogP contribution in [0.1, 0.15) is 43.5 Å². The molecule has 0 saturated carbocycles. The van der Waals surface area contributed by atoms with Crippen LogP contribution in [0.2, 0.25) is 0 Å². The highest BCUT2D eigenvalue weighted by atomic mass is 16.6. The van der Waals surface area contributed by atoms with Crippen molar-refractivity contribution in [2.45, 2.75) is 39.2 Å². The van der Waals surface area contributed by atoms with Crippen LogP contribution in [0.3, 0.4) is 0 Å². The minimum Gasteiger partial charge on any atom is -0.467 e. The normalized spacial score (nSPS) is 14.3. The number of hydrogen-bond donors (Lipinski definition) is 1. The molecule has 1 atom stereocenters. The number of nitro benzene ring substituents is 1. The minimum absolute atomic E-state index is 0.0330. The van der Waals surface area contributed by atoms with Gasteiger partial charge in [-0.3, -0.25) is 14.9 Å². The summed E-state index contributed by atoms with van der Waals surface area (Å²) in [5.41, 5.74) is 0.332. The zero-order valence-electron chi connectivity index (χ0n) is 17.4. The quantitative estimate of drug-likeness (QED) is 0.364. The van der Waals surface area contributed by atoms with E-state index in [1.807, 2.05) is 18.7 Å². The highest BCUT2D eigenvalue weighted by molar-refractivity contribution is 5.98. The Kier molecular flexibility index (Phi) is 8.14. The summed E-state index contributed by atoms with van der Waals surface area (Å²) in [6.45, 7) is 4.63. The van der Waals surface area contributed by atoms with Crippen LogP contribution in [-0.4, -0.2) is 55.6 Å². The van der Waals surface area contributed by atoms with Gasteiger partial charge in [0.2, 0.25) is 0 Å². The van der Waals surface area contributed by atoms with Crippen LogP contribution in [0, 0.1) is 16.0 Å². The van der Waals surface area contributed by atoms with E-state index in [-0.39, 0.29) is 17.2 Å². The van der Waals surface area contributed by atoms with E-state index in [1.54, 1.807) is 0 Å². The third-order valence-corrected chi connectivity index (χ3v) is 4.72. The predicted octanol–water partition coefficient (Wildman–Crippen LogP) is 2.06. The molecule has 164 valence electrons. The number of nitrogens with zero attached hydrogens (tertiary/aromatic N) is 2. The highest BCUT2D eigenvalue weighted by Crippen LogP contribution is 2.29. The van der Waals surface area contributed by atoms with Crippen LogP contribution in [0.4, 0.5) is 11.4 Å². The average Bonchev–Trinajstić information content (AvgIpc) is 3.24. The van der Waals surface area contributed by atoms with Crippen LogP contribution in [-0.2, 0) is 19.1 Å². The zero-order chi connectivity index (χ0) is 22.3. The molecule has 0 unspecified atom stereocenters. The van der Waals surface area contributed by atoms with Crippen LogP contribution in [0.15, 0.2) is 18.2 Å². The van der Waals surface area contributed by atoms with Crippen molar-refractivity contribution in [3.8, 4) is 0 Å². The van der Waals surface area contributed by atoms with Crippen molar-refractivity contribution in [1.82, 2.24) is 5.32 Å². The molecule has 1 heterocycles. The molecule has 1 N–H and O–H groups in total. The van der Waals surface area contributed by atoms with E-state index in [1.165, 1.54) is 19.2 Å². The van der Waals surface area contributed by atoms with Gasteiger partial charge in [0.05, 0.1) is 23.3 Å². The molecule has 1 fully saturated rings. The predicted molar refractivity (Wildman–Crippen MR) is 108 cm³/mol. The largest absolute Gasteiger partial charge is 0.467 e. The molecule has 1 aromatic rings. The minimum atomic E-state index is -0.848. The number of nitro groups is 1. The van der Waals surface area contributed by atoms with Gasteiger partial charge >= 0.3 is 11.9 Å². The Balaban J connectivity index is 2.09. The van der Waals surface area contributed by atoms with E-state index in [0.717, 1.165) is 32.0 Å². The molecule has 0 aromatic heterocycles. The summed E-state index contributed by atoms with van der Waals surface area (Å²) in [6.07, 6.45) is 2.29. The first-order valence-corrected chi connectivity index (χ1v) is 9.80. The van der Waals surface area contributed by atoms with Crippen molar-refractivity contribution >= 4 is 29.2 Å². The molecule has 1 amide bonds. The molecule has 0 aliphatic carbocycles. The van der Waals surface area contributed by atoms with Crippen LogP contribution in [0.25, 0.3) is 0 Å². The lowest BCUT2D eigenvalue weighted by Gasteiger charge is -2.21. The summed E-state index contributed by atoms with van der Waals surface area (Å²) in [7, 11) is 1.23. The monoisotopic (exact) mass is 421 g/mol. The van der Waals surface area contributed by atoms with Gasteiger partial charge in [-0.05, 0) is 31.2 Å². The van der Waals surface area contributed by atoms with Crippen molar-refractivity contribution in [2.24, 2.45) is 5.92 Å². The molecule has 10 heteroatoms. The Bertz CT molecular complexity index is 804. The standard InChI is InChI=1S/C20H27N3O7/c1-13(2)10-16(20(26)29-3)21-18(24)12-30-19(25)15-11-14(23(27)28)6-7-17(15)22-8-4-5-9-22/h6-7,11,13,16H,4-5,8-10,12H2,1-3H3,(H,21,24)/t16-/m1/s1. The molecule has 1 aliphatic heterocycles. The Morgan fingerprint density at radius 1 is 1.23 bits per heavy atom. The van der Waals surface area contributed by atoms with Gasteiger partial charge in [-0.15, -0.1) is 0 Å². The molecule has 2 rings (SSSR count). The number of hydrogen-bond acceptors (Lipinski definition) is 8. The van der Waals surface area contributed by atoms with E-state index < -0.39 is 35.4 Å². The topological polar surface area (TPSA) is 128 Å². The molecule has 30 heavy (non-hydrogen) atoms. The third-order valence-electron chi connectivity index (χ3n) is 4.72. The van der Waals surface area contributed by atoms with Crippen LogP contribution in [0.5, 0.6) is 0 Å². The number of nitrogens with one attached hydrogen (secondary N) is 1. The Morgan fingerprint density at radius 3 is 2.47 bits per heavy atom. The van der Waals surface area contributed by atoms with Crippen molar-refractivity contribution in [3.05, 3.63) is 33.9 Å². The number of non-ortho nitro benzene ring substituents is 1. The second-order valence-corrected chi connectivity index (χ2v) is 7.50. The summed E-state index contributed by atoms with van der Waals surface area (Å²) < 4.78 is 9.78. The van der Waals surface area contributed by atoms with Crippen molar-refractivity contribution in [2.75, 3.05) is 31.7 Å². The first-order chi connectivity index (χ1) is 14.2. The number of amides is 1. The first-order valence-electron chi connectivity index (χ1n) is 9.80. The van der Waals surface area contributed by atoms with Crippen molar-refractivity contribution in [1.29, 1.82) is 0 Å². The van der Waals surface area contributed by atoms with Gasteiger partial charge in [-0.2, -0.15) is 0 Å². The lowest BCUT2D eigenvalue weighted by Crippen LogP contribution is -2.44. The van der Waals surface area contributed by atoms with E-state index in [4.69, 9.17) is 4.74 Å². The summed E-state index contributed by atoms with van der Waals surface area (Å²) in [4.78, 5) is 49.1. The maximum absolute atomic E-state index is 12.6. The number of methoxy groups -OCH3 is 1. The number of esters is 2. The van der Waals surface area contributed by atoms with Crippen LogP contribution >= 0.6 is 0 Å². The molecule has 0 radical (unpaired) electrons. The van der Waals surface area contributed by atoms with Gasteiger partial charge in [-0.25, -0.2) is 9.59 Å². The van der Waals surface area contributed by atoms with Gasteiger partial charge in [0, 0.05) is 25.2 Å². The molecule has 1 aliphatic rings. The lowest BCUT2D eigenvalue weighted by molar-refractivity contribution is -0.384. The second-order valence-electron chi connectivity index (χ2n) is 7.50. The molecular formula is C20H27N3O7. The number of rotatable bonds is 9. The molecule has 1 saturated heterocycles. The third kappa shape index (κ3) is 6.16. The average molecular weight is 421 g/mol. The first kappa shape index (κ1) is 23.1. The van der Waals surface area contributed by atoms with Gasteiger partial charge in [0.25, 0.3) is 11.6 Å². The maximum atomic E-state index is 12.6. The number of benzene rings is 1.